The van der Waals surface area contributed by atoms with Crippen LogP contribution in [0.4, 0.5) is 19.0 Å². The lowest BCUT2D eigenvalue weighted by atomic mass is 10.2. The normalized spacial score (nSPS) is 14.2. The van der Waals surface area contributed by atoms with Gasteiger partial charge in [0, 0.05) is 11.3 Å². The predicted octanol–water partition coefficient (Wildman–Crippen LogP) is 2.51. The van der Waals surface area contributed by atoms with Gasteiger partial charge in [0.15, 0.2) is 5.69 Å². The first-order valence-corrected chi connectivity index (χ1v) is 7.30. The second kappa shape index (κ2) is 5.41. The number of amides is 1. The first-order valence-electron chi connectivity index (χ1n) is 6.50. The molecule has 2 aromatic rings. The number of anilines is 1. The molecule has 0 aromatic carbocycles. The maximum Gasteiger partial charge on any atom is 0.435 e. The molecule has 0 unspecified atom stereocenters. The summed E-state index contributed by atoms with van der Waals surface area (Å²) in [4.78, 5) is 12.0. The first kappa shape index (κ1) is 15.1. The van der Waals surface area contributed by atoms with Crippen LogP contribution in [0.1, 0.15) is 23.4 Å². The molecule has 2 heterocycles. The van der Waals surface area contributed by atoms with Gasteiger partial charge in [-0.05, 0) is 35.2 Å². The molecule has 0 saturated heterocycles. The summed E-state index contributed by atoms with van der Waals surface area (Å²) in [5.74, 6) is -0.124. The van der Waals surface area contributed by atoms with Crippen LogP contribution in [0, 0.1) is 0 Å². The van der Waals surface area contributed by atoms with Gasteiger partial charge in [0.25, 0.3) is 0 Å². The van der Waals surface area contributed by atoms with Gasteiger partial charge in [-0.2, -0.15) is 23.4 Å². The highest BCUT2D eigenvalue weighted by Gasteiger charge is 2.40. The van der Waals surface area contributed by atoms with E-state index in [-0.39, 0.29) is 12.1 Å². The maximum atomic E-state index is 13.0. The van der Waals surface area contributed by atoms with E-state index in [0.717, 1.165) is 4.68 Å². The van der Waals surface area contributed by atoms with Gasteiger partial charge < -0.3 is 5.32 Å². The fraction of sp³-hybridized carbons (Fsp3) is 0.417. The zero-order valence-corrected chi connectivity index (χ0v) is 12.8. The van der Waals surface area contributed by atoms with Crippen molar-refractivity contribution in [3.8, 4) is 0 Å². The molecule has 0 aliphatic heterocycles. The molecule has 6 nitrogen and oxygen atoms in total. The second-order valence-electron chi connectivity index (χ2n) is 4.92. The molecule has 2 aromatic heterocycles. The Morgan fingerprint density at radius 3 is 2.86 bits per heavy atom. The minimum absolute atomic E-state index is 0.211. The summed E-state index contributed by atoms with van der Waals surface area (Å²) in [7, 11) is 0. The Morgan fingerprint density at radius 2 is 2.23 bits per heavy atom. The second-order valence-corrected chi connectivity index (χ2v) is 5.78. The minimum atomic E-state index is -4.50. The third-order valence-corrected chi connectivity index (χ3v) is 4.03. The largest absolute Gasteiger partial charge is 0.435 e. The Labute approximate surface area is 131 Å². The molecule has 0 atom stereocenters. The average molecular weight is 378 g/mol. The zero-order chi connectivity index (χ0) is 15.9. The van der Waals surface area contributed by atoms with E-state index in [9.17, 15) is 18.0 Å². The quantitative estimate of drug-likeness (QED) is 0.862. The van der Waals surface area contributed by atoms with E-state index in [1.165, 1.54) is 6.20 Å². The van der Waals surface area contributed by atoms with Gasteiger partial charge in [-0.3, -0.25) is 14.6 Å². The first-order chi connectivity index (χ1) is 10.4. The number of alkyl halides is 3. The molecular weight excluding hydrogens is 367 g/mol. The van der Waals surface area contributed by atoms with Crippen LogP contribution in [0.25, 0.3) is 0 Å². The number of carbonyl (C=O) groups is 1. The number of H-pyrrole nitrogens is 1. The standard InChI is InChI=1S/C12H11BrF3N5O/c13-7-4-17-19-11(7)18-9(22)5-21-8-3-1-2-6(8)10(20-21)12(14,15)16/h4H,1-3,5H2,(H2,17,18,19,22). The number of nitrogens with zero attached hydrogens (tertiary/aromatic N) is 3. The number of halogens is 4. The molecule has 0 bridgehead atoms. The highest BCUT2D eigenvalue weighted by atomic mass is 79.9. The van der Waals surface area contributed by atoms with Crippen molar-refractivity contribution in [3.63, 3.8) is 0 Å². The third-order valence-electron chi connectivity index (χ3n) is 3.43. The SMILES string of the molecule is O=C(Cn1nc(C(F)(F)F)c2c1CCC2)Nc1[nH]ncc1Br. The molecule has 0 fully saturated rings. The summed E-state index contributed by atoms with van der Waals surface area (Å²) in [5.41, 5.74) is -0.176. The fourth-order valence-corrected chi connectivity index (χ4v) is 2.83. The number of carbonyl (C=O) groups excluding carboxylic acids is 1. The molecule has 1 amide bonds. The van der Waals surface area contributed by atoms with Crippen LogP contribution in [-0.4, -0.2) is 25.9 Å². The van der Waals surface area contributed by atoms with Crippen LogP contribution in [-0.2, 0) is 30.4 Å². The molecule has 0 saturated carbocycles. The van der Waals surface area contributed by atoms with E-state index in [1.54, 1.807) is 0 Å². The van der Waals surface area contributed by atoms with Gasteiger partial charge in [-0.15, -0.1) is 0 Å². The number of nitrogens with one attached hydrogen (secondary N) is 2. The van der Waals surface area contributed by atoms with Crippen molar-refractivity contribution < 1.29 is 18.0 Å². The number of hydrogen-bond donors (Lipinski definition) is 2. The van der Waals surface area contributed by atoms with Crippen molar-refractivity contribution in [1.82, 2.24) is 20.0 Å². The van der Waals surface area contributed by atoms with Crippen molar-refractivity contribution in [2.75, 3.05) is 5.32 Å². The summed E-state index contributed by atoms with van der Waals surface area (Å²) in [6, 6.07) is 0. The molecule has 0 radical (unpaired) electrons. The van der Waals surface area contributed by atoms with Gasteiger partial charge in [0.2, 0.25) is 5.91 Å². The lowest BCUT2D eigenvalue weighted by Gasteiger charge is -2.06. The smallest absolute Gasteiger partial charge is 0.309 e. The third kappa shape index (κ3) is 2.74. The van der Waals surface area contributed by atoms with Crippen molar-refractivity contribution in [1.29, 1.82) is 0 Å². The van der Waals surface area contributed by atoms with Crippen LogP contribution >= 0.6 is 15.9 Å². The van der Waals surface area contributed by atoms with Gasteiger partial charge in [0.05, 0.1) is 10.7 Å². The number of aromatic amines is 1. The number of hydrogen-bond acceptors (Lipinski definition) is 3. The van der Waals surface area contributed by atoms with Gasteiger partial charge in [-0.25, -0.2) is 0 Å². The summed E-state index contributed by atoms with van der Waals surface area (Å²) < 4.78 is 40.6. The minimum Gasteiger partial charge on any atom is -0.309 e. The molecule has 1 aliphatic rings. The van der Waals surface area contributed by atoms with Crippen molar-refractivity contribution >= 4 is 27.7 Å². The Balaban J connectivity index is 1.81. The summed E-state index contributed by atoms with van der Waals surface area (Å²) in [6.07, 6.45) is -1.55. The summed E-state index contributed by atoms with van der Waals surface area (Å²) >= 11 is 3.18. The Morgan fingerprint density at radius 1 is 1.45 bits per heavy atom. The van der Waals surface area contributed by atoms with Crippen LogP contribution < -0.4 is 5.32 Å². The van der Waals surface area contributed by atoms with Crippen molar-refractivity contribution in [2.45, 2.75) is 32.0 Å². The van der Waals surface area contributed by atoms with E-state index in [2.05, 4.69) is 36.5 Å². The molecule has 1 aliphatic carbocycles. The molecule has 10 heteroatoms. The molecular formula is C12H11BrF3N5O. The van der Waals surface area contributed by atoms with E-state index in [1.807, 2.05) is 0 Å². The highest BCUT2D eigenvalue weighted by molar-refractivity contribution is 9.10. The van der Waals surface area contributed by atoms with Gasteiger partial charge in [0.1, 0.15) is 12.4 Å². The van der Waals surface area contributed by atoms with E-state index in [0.29, 0.717) is 35.2 Å². The lowest BCUT2D eigenvalue weighted by molar-refractivity contribution is -0.142. The molecule has 2 N–H and O–H groups in total. The highest BCUT2D eigenvalue weighted by Crippen LogP contribution is 2.36. The van der Waals surface area contributed by atoms with E-state index in [4.69, 9.17) is 0 Å². The van der Waals surface area contributed by atoms with Gasteiger partial charge >= 0.3 is 6.18 Å². The summed E-state index contributed by atoms with van der Waals surface area (Å²) in [5, 5.41) is 12.4. The Kier molecular flexibility index (Phi) is 3.71. The zero-order valence-electron chi connectivity index (χ0n) is 11.2. The topological polar surface area (TPSA) is 75.6 Å². The molecule has 22 heavy (non-hydrogen) atoms. The summed E-state index contributed by atoms with van der Waals surface area (Å²) in [6.45, 7) is -0.274. The Hall–Kier alpha value is -1.84. The number of rotatable bonds is 3. The van der Waals surface area contributed by atoms with Crippen LogP contribution in [0.15, 0.2) is 10.7 Å². The van der Waals surface area contributed by atoms with Crippen LogP contribution in [0.3, 0.4) is 0 Å². The predicted molar refractivity (Wildman–Crippen MR) is 74.2 cm³/mol. The van der Waals surface area contributed by atoms with Crippen molar-refractivity contribution in [2.24, 2.45) is 0 Å². The lowest BCUT2D eigenvalue weighted by Crippen LogP contribution is -2.21. The van der Waals surface area contributed by atoms with E-state index < -0.39 is 17.8 Å². The number of fused-ring (bicyclic) bond motifs is 1. The monoisotopic (exact) mass is 377 g/mol. The molecule has 0 spiro atoms. The fourth-order valence-electron chi connectivity index (χ4n) is 2.54. The maximum absolute atomic E-state index is 13.0. The molecule has 118 valence electrons. The van der Waals surface area contributed by atoms with Gasteiger partial charge in [-0.1, -0.05) is 0 Å². The van der Waals surface area contributed by atoms with Crippen LogP contribution in [0.5, 0.6) is 0 Å². The average Bonchev–Trinajstić information content (AvgIpc) is 3.08. The Bertz CT molecular complexity index is 721. The van der Waals surface area contributed by atoms with Crippen LogP contribution in [0.2, 0.25) is 0 Å². The number of aromatic nitrogens is 4. The van der Waals surface area contributed by atoms with Crippen molar-refractivity contribution in [3.05, 3.63) is 27.6 Å². The molecule has 3 rings (SSSR count). The van der Waals surface area contributed by atoms with E-state index >= 15 is 0 Å².